The Morgan fingerprint density at radius 3 is 2.41 bits per heavy atom. The zero-order valence-corrected chi connectivity index (χ0v) is 18.2. The standard InChI is InChI=1S/C26H26FN3O2/c1-3-29(4-2)25(31)19-12-14-21(15-13-19)28-24-22-10-5-6-11-23(22)26(32)30(24)17-18-8-7-9-20(27)16-18/h5-16,24,28H,3-4,17H2,1-2H3. The smallest absolute Gasteiger partial charge is 0.256 e. The van der Waals surface area contributed by atoms with E-state index < -0.39 is 6.17 Å². The summed E-state index contributed by atoms with van der Waals surface area (Å²) in [4.78, 5) is 29.2. The molecule has 164 valence electrons. The van der Waals surface area contributed by atoms with Crippen molar-refractivity contribution >= 4 is 17.5 Å². The second-order valence-electron chi connectivity index (χ2n) is 7.75. The Morgan fingerprint density at radius 2 is 1.72 bits per heavy atom. The molecule has 3 aromatic rings. The minimum absolute atomic E-state index is 0.00401. The highest BCUT2D eigenvalue weighted by Crippen LogP contribution is 2.35. The number of carbonyl (C=O) groups excluding carboxylic acids is 2. The molecule has 0 aromatic heterocycles. The number of nitrogens with one attached hydrogen (secondary N) is 1. The summed E-state index contributed by atoms with van der Waals surface area (Å²) in [6.45, 7) is 5.51. The van der Waals surface area contributed by atoms with Crippen molar-refractivity contribution in [1.82, 2.24) is 9.80 Å². The van der Waals surface area contributed by atoms with Gasteiger partial charge in [-0.1, -0.05) is 30.3 Å². The number of amides is 2. The van der Waals surface area contributed by atoms with Crippen LogP contribution < -0.4 is 5.32 Å². The molecule has 32 heavy (non-hydrogen) atoms. The molecule has 1 aliphatic heterocycles. The Bertz CT molecular complexity index is 1130. The van der Waals surface area contributed by atoms with E-state index in [2.05, 4.69) is 5.32 Å². The highest BCUT2D eigenvalue weighted by molar-refractivity contribution is 5.99. The largest absolute Gasteiger partial charge is 0.361 e. The second kappa shape index (κ2) is 9.22. The molecule has 0 radical (unpaired) electrons. The van der Waals surface area contributed by atoms with E-state index in [4.69, 9.17) is 0 Å². The van der Waals surface area contributed by atoms with Gasteiger partial charge in [-0.3, -0.25) is 9.59 Å². The molecule has 1 aliphatic rings. The molecular formula is C26H26FN3O2. The number of halogens is 1. The molecular weight excluding hydrogens is 405 g/mol. The summed E-state index contributed by atoms with van der Waals surface area (Å²) in [6, 6.07) is 21.1. The highest BCUT2D eigenvalue weighted by Gasteiger charge is 2.36. The number of nitrogens with zero attached hydrogens (tertiary/aromatic N) is 2. The van der Waals surface area contributed by atoms with Gasteiger partial charge in [-0.2, -0.15) is 0 Å². The zero-order valence-electron chi connectivity index (χ0n) is 18.2. The van der Waals surface area contributed by atoms with Crippen molar-refractivity contribution in [2.24, 2.45) is 0 Å². The van der Waals surface area contributed by atoms with Crippen LogP contribution in [0.25, 0.3) is 0 Å². The number of hydrogen-bond acceptors (Lipinski definition) is 3. The summed E-state index contributed by atoms with van der Waals surface area (Å²) >= 11 is 0. The molecule has 0 saturated heterocycles. The Morgan fingerprint density at radius 1 is 1.00 bits per heavy atom. The average molecular weight is 432 g/mol. The number of fused-ring (bicyclic) bond motifs is 1. The number of carbonyl (C=O) groups is 2. The lowest BCUT2D eigenvalue weighted by Crippen LogP contribution is -2.32. The van der Waals surface area contributed by atoms with Gasteiger partial charge in [-0.15, -0.1) is 0 Å². The van der Waals surface area contributed by atoms with E-state index in [1.54, 1.807) is 28.0 Å². The first-order valence-electron chi connectivity index (χ1n) is 10.8. The van der Waals surface area contributed by atoms with Crippen LogP contribution in [0.15, 0.2) is 72.8 Å². The maximum Gasteiger partial charge on any atom is 0.256 e. The normalized spacial score (nSPS) is 14.9. The third kappa shape index (κ3) is 4.21. The van der Waals surface area contributed by atoms with Gasteiger partial charge in [0.2, 0.25) is 0 Å². The molecule has 1 heterocycles. The Labute approximate surface area is 187 Å². The fourth-order valence-electron chi connectivity index (χ4n) is 4.08. The molecule has 1 N–H and O–H groups in total. The monoisotopic (exact) mass is 431 g/mol. The van der Waals surface area contributed by atoms with Crippen LogP contribution in [0.4, 0.5) is 10.1 Å². The molecule has 1 unspecified atom stereocenters. The van der Waals surface area contributed by atoms with Crippen LogP contribution in [0.1, 0.15) is 51.9 Å². The fourth-order valence-corrected chi connectivity index (χ4v) is 4.08. The van der Waals surface area contributed by atoms with Crippen LogP contribution in [0.5, 0.6) is 0 Å². The van der Waals surface area contributed by atoms with E-state index in [-0.39, 0.29) is 24.2 Å². The number of benzene rings is 3. The molecule has 1 atom stereocenters. The van der Waals surface area contributed by atoms with Gasteiger partial charge in [-0.05, 0) is 61.9 Å². The summed E-state index contributed by atoms with van der Waals surface area (Å²) in [5.74, 6) is -0.434. The number of rotatable bonds is 7. The van der Waals surface area contributed by atoms with E-state index in [0.717, 1.165) is 16.8 Å². The minimum Gasteiger partial charge on any atom is -0.361 e. The van der Waals surface area contributed by atoms with Crippen LogP contribution in [0.2, 0.25) is 0 Å². The van der Waals surface area contributed by atoms with Gasteiger partial charge in [0.05, 0.1) is 0 Å². The molecule has 3 aromatic carbocycles. The van der Waals surface area contributed by atoms with Crippen molar-refractivity contribution in [3.8, 4) is 0 Å². The van der Waals surface area contributed by atoms with E-state index in [1.165, 1.54) is 12.1 Å². The second-order valence-corrected chi connectivity index (χ2v) is 7.75. The Hall–Kier alpha value is -3.67. The van der Waals surface area contributed by atoms with Crippen LogP contribution in [-0.2, 0) is 6.54 Å². The fraction of sp³-hybridized carbons (Fsp3) is 0.231. The summed E-state index contributed by atoms with van der Waals surface area (Å²) in [5.41, 5.74) is 3.64. The molecule has 0 aliphatic carbocycles. The first-order valence-corrected chi connectivity index (χ1v) is 10.8. The van der Waals surface area contributed by atoms with Gasteiger partial charge < -0.3 is 15.1 Å². The zero-order chi connectivity index (χ0) is 22.7. The number of hydrogen-bond donors (Lipinski definition) is 1. The predicted octanol–water partition coefficient (Wildman–Crippen LogP) is 5.07. The van der Waals surface area contributed by atoms with Crippen LogP contribution >= 0.6 is 0 Å². The SMILES string of the molecule is CCN(CC)C(=O)c1ccc(NC2c3ccccc3C(=O)N2Cc2cccc(F)c2)cc1. The van der Waals surface area contributed by atoms with Gasteiger partial charge >= 0.3 is 0 Å². The van der Waals surface area contributed by atoms with Gasteiger partial charge in [-0.25, -0.2) is 4.39 Å². The maximum absolute atomic E-state index is 13.7. The van der Waals surface area contributed by atoms with Gasteiger partial charge in [0.1, 0.15) is 12.0 Å². The van der Waals surface area contributed by atoms with E-state index in [1.807, 2.05) is 56.3 Å². The first kappa shape index (κ1) is 21.6. The van der Waals surface area contributed by atoms with Crippen molar-refractivity contribution in [3.05, 3.63) is 101 Å². The highest BCUT2D eigenvalue weighted by atomic mass is 19.1. The van der Waals surface area contributed by atoms with Crippen LogP contribution in [0.3, 0.4) is 0 Å². The lowest BCUT2D eigenvalue weighted by atomic mass is 10.1. The van der Waals surface area contributed by atoms with Crippen molar-refractivity contribution < 1.29 is 14.0 Å². The third-order valence-electron chi connectivity index (χ3n) is 5.79. The Kier molecular flexibility index (Phi) is 6.21. The van der Waals surface area contributed by atoms with Crippen molar-refractivity contribution in [1.29, 1.82) is 0 Å². The molecule has 5 nitrogen and oxygen atoms in total. The molecule has 2 amide bonds. The third-order valence-corrected chi connectivity index (χ3v) is 5.79. The average Bonchev–Trinajstić information content (AvgIpc) is 3.06. The van der Waals surface area contributed by atoms with Crippen molar-refractivity contribution in [2.75, 3.05) is 18.4 Å². The Balaban J connectivity index is 1.59. The molecule has 4 rings (SSSR count). The molecule has 0 bridgehead atoms. The molecule has 0 spiro atoms. The van der Waals surface area contributed by atoms with E-state index in [9.17, 15) is 14.0 Å². The number of anilines is 1. The quantitative estimate of drug-likeness (QED) is 0.568. The first-order chi connectivity index (χ1) is 15.5. The topological polar surface area (TPSA) is 52.7 Å². The van der Waals surface area contributed by atoms with Crippen LogP contribution in [-0.4, -0.2) is 34.7 Å². The van der Waals surface area contributed by atoms with Crippen molar-refractivity contribution in [2.45, 2.75) is 26.6 Å². The summed E-state index contributed by atoms with van der Waals surface area (Å²) in [5, 5.41) is 3.42. The maximum atomic E-state index is 13.7. The van der Waals surface area contributed by atoms with Crippen LogP contribution in [0, 0.1) is 5.82 Å². The van der Waals surface area contributed by atoms with Gasteiger partial charge in [0.25, 0.3) is 11.8 Å². The van der Waals surface area contributed by atoms with Gasteiger partial charge in [0, 0.05) is 42.0 Å². The predicted molar refractivity (Wildman–Crippen MR) is 123 cm³/mol. The summed E-state index contributed by atoms with van der Waals surface area (Å²) in [7, 11) is 0. The van der Waals surface area contributed by atoms with E-state index in [0.29, 0.717) is 24.2 Å². The molecule has 6 heteroatoms. The van der Waals surface area contributed by atoms with E-state index >= 15 is 0 Å². The molecule has 0 saturated carbocycles. The van der Waals surface area contributed by atoms with Crippen molar-refractivity contribution in [3.63, 3.8) is 0 Å². The lowest BCUT2D eigenvalue weighted by Gasteiger charge is -2.27. The minimum atomic E-state index is -0.397. The van der Waals surface area contributed by atoms with Gasteiger partial charge in [0.15, 0.2) is 0 Å². The summed E-state index contributed by atoms with van der Waals surface area (Å²) in [6.07, 6.45) is -0.397. The molecule has 0 fully saturated rings. The summed E-state index contributed by atoms with van der Waals surface area (Å²) < 4.78 is 13.7. The lowest BCUT2D eigenvalue weighted by molar-refractivity contribution is 0.0727.